The summed E-state index contributed by atoms with van der Waals surface area (Å²) in [6.45, 7) is 0.526. The van der Waals surface area contributed by atoms with Gasteiger partial charge in [0, 0.05) is 19.3 Å². The van der Waals surface area contributed by atoms with E-state index in [1.807, 2.05) is 17.8 Å². The third-order valence-electron chi connectivity index (χ3n) is 3.96. The third-order valence-corrected chi connectivity index (χ3v) is 3.96. The number of nitrogens with two attached hydrogens (primary N) is 1. The molecule has 22 heavy (non-hydrogen) atoms. The maximum Gasteiger partial charge on any atom is 0.326 e. The van der Waals surface area contributed by atoms with Crippen molar-refractivity contribution in [2.45, 2.75) is 32.2 Å². The predicted molar refractivity (Wildman–Crippen MR) is 82.6 cm³/mol. The number of fused-ring (bicyclic) bond motifs is 1. The number of carbonyl (C=O) groups excluding carboxylic acids is 1. The fraction of sp³-hybridized carbons (Fsp3) is 0.400. The monoisotopic (exact) mass is 300 g/mol. The highest BCUT2D eigenvalue weighted by molar-refractivity contribution is 5.70. The van der Waals surface area contributed by atoms with E-state index >= 15 is 0 Å². The Balaban J connectivity index is 1.95. The molecule has 4 N–H and O–H groups in total. The second-order valence-corrected chi connectivity index (χ2v) is 5.53. The van der Waals surface area contributed by atoms with Gasteiger partial charge in [-0.3, -0.25) is 10.4 Å². The average molecular weight is 300 g/mol. The molecule has 0 atom stereocenters. The summed E-state index contributed by atoms with van der Waals surface area (Å²) >= 11 is 0. The minimum Gasteiger partial charge on any atom is -0.351 e. The van der Waals surface area contributed by atoms with E-state index in [0.29, 0.717) is 6.54 Å². The molecule has 0 bridgehead atoms. The Morgan fingerprint density at radius 2 is 2.23 bits per heavy atom. The highest BCUT2D eigenvalue weighted by Crippen LogP contribution is 2.27. The molecule has 116 valence electrons. The quantitative estimate of drug-likeness (QED) is 0.735. The number of primary amides is 1. The first-order valence-corrected chi connectivity index (χ1v) is 7.42. The summed E-state index contributed by atoms with van der Waals surface area (Å²) in [6, 6.07) is 1.48. The molecular formula is C15H20N6O. The van der Waals surface area contributed by atoms with Crippen LogP contribution in [0.5, 0.6) is 0 Å². The molecule has 0 aliphatic heterocycles. The summed E-state index contributed by atoms with van der Waals surface area (Å²) in [6.07, 6.45) is 7.95. The van der Waals surface area contributed by atoms with E-state index in [0.717, 1.165) is 35.5 Å². The lowest BCUT2D eigenvalue weighted by Crippen LogP contribution is -2.40. The van der Waals surface area contributed by atoms with E-state index in [2.05, 4.69) is 21.9 Å². The summed E-state index contributed by atoms with van der Waals surface area (Å²) in [7, 11) is 1.95. The van der Waals surface area contributed by atoms with E-state index in [1.54, 1.807) is 6.33 Å². The number of imidazole rings is 1. The third kappa shape index (κ3) is 2.94. The zero-order chi connectivity index (χ0) is 15.5. The summed E-state index contributed by atoms with van der Waals surface area (Å²) in [5.41, 5.74) is 15.9. The Kier molecular flexibility index (Phi) is 4.06. The Morgan fingerprint density at radius 1 is 1.41 bits per heavy atom. The summed E-state index contributed by atoms with van der Waals surface area (Å²) in [5.74, 6) is 0. The standard InChI is InChI=1S/C15H20N6O/c1-21-9-17-8-14(21)13-6-10(7-18-20-15(16)22)11-4-2-3-5-12(11)19-13/h6,8-9,18H,2-5,7H2,1H3,(H3,16,20,22). The van der Waals surface area contributed by atoms with Crippen LogP contribution in [0.15, 0.2) is 18.6 Å². The summed E-state index contributed by atoms with van der Waals surface area (Å²) < 4.78 is 1.95. The first kappa shape index (κ1) is 14.5. The molecular weight excluding hydrogens is 280 g/mol. The van der Waals surface area contributed by atoms with E-state index in [4.69, 9.17) is 10.7 Å². The van der Waals surface area contributed by atoms with Crippen LogP contribution in [0.3, 0.4) is 0 Å². The minimum absolute atomic E-state index is 0.526. The predicted octanol–water partition coefficient (Wildman–Crippen LogP) is 1.03. The molecule has 1 aliphatic rings. The van der Waals surface area contributed by atoms with Crippen molar-refractivity contribution in [3.05, 3.63) is 35.4 Å². The summed E-state index contributed by atoms with van der Waals surface area (Å²) in [5, 5.41) is 0. The lowest BCUT2D eigenvalue weighted by atomic mass is 9.91. The van der Waals surface area contributed by atoms with Gasteiger partial charge in [-0.2, -0.15) is 0 Å². The zero-order valence-corrected chi connectivity index (χ0v) is 12.6. The molecule has 0 spiro atoms. The van der Waals surface area contributed by atoms with Gasteiger partial charge < -0.3 is 10.3 Å². The average Bonchev–Trinajstić information content (AvgIpc) is 2.93. The van der Waals surface area contributed by atoms with Crippen molar-refractivity contribution in [3.63, 3.8) is 0 Å². The number of rotatable bonds is 4. The molecule has 2 heterocycles. The molecule has 2 aromatic heterocycles. The maximum absolute atomic E-state index is 10.8. The van der Waals surface area contributed by atoms with Crippen molar-refractivity contribution in [3.8, 4) is 11.4 Å². The smallest absolute Gasteiger partial charge is 0.326 e. The fourth-order valence-corrected chi connectivity index (χ4v) is 2.91. The molecule has 3 rings (SSSR count). The maximum atomic E-state index is 10.8. The number of nitrogens with zero attached hydrogens (tertiary/aromatic N) is 3. The van der Waals surface area contributed by atoms with Crippen molar-refractivity contribution < 1.29 is 4.79 Å². The van der Waals surface area contributed by atoms with Gasteiger partial charge in [-0.15, -0.1) is 0 Å². The molecule has 0 saturated heterocycles. The Labute approximate surface area is 128 Å². The van der Waals surface area contributed by atoms with Gasteiger partial charge in [-0.1, -0.05) is 0 Å². The van der Waals surface area contributed by atoms with Gasteiger partial charge in [0.1, 0.15) is 0 Å². The SMILES string of the molecule is Cn1cncc1-c1cc(CNNC(N)=O)c2c(n1)CCCC2. The van der Waals surface area contributed by atoms with Gasteiger partial charge >= 0.3 is 6.03 Å². The number of carbonyl (C=O) groups is 1. The normalized spacial score (nSPS) is 13.7. The Bertz CT molecular complexity index is 693. The topological polar surface area (TPSA) is 97.9 Å². The van der Waals surface area contributed by atoms with Crippen molar-refractivity contribution in [1.29, 1.82) is 0 Å². The first-order valence-electron chi connectivity index (χ1n) is 7.42. The highest BCUT2D eigenvalue weighted by Gasteiger charge is 2.17. The number of hydrazine groups is 1. The molecule has 0 unspecified atom stereocenters. The molecule has 7 heteroatoms. The van der Waals surface area contributed by atoms with E-state index < -0.39 is 6.03 Å². The van der Waals surface area contributed by atoms with Crippen LogP contribution in [-0.2, 0) is 26.4 Å². The number of pyridine rings is 1. The van der Waals surface area contributed by atoms with Crippen molar-refractivity contribution in [2.75, 3.05) is 0 Å². The van der Waals surface area contributed by atoms with Crippen LogP contribution in [-0.4, -0.2) is 20.6 Å². The number of hydrogen-bond acceptors (Lipinski definition) is 4. The van der Waals surface area contributed by atoms with Gasteiger partial charge in [-0.05, 0) is 42.9 Å². The molecule has 0 saturated carbocycles. The Hall–Kier alpha value is -2.41. The second-order valence-electron chi connectivity index (χ2n) is 5.53. The van der Waals surface area contributed by atoms with E-state index in [1.165, 1.54) is 18.4 Å². The zero-order valence-electron chi connectivity index (χ0n) is 12.6. The highest BCUT2D eigenvalue weighted by atomic mass is 16.2. The van der Waals surface area contributed by atoms with Crippen molar-refractivity contribution in [2.24, 2.45) is 12.8 Å². The van der Waals surface area contributed by atoms with Crippen LogP contribution in [0.4, 0.5) is 4.79 Å². The van der Waals surface area contributed by atoms with Crippen molar-refractivity contribution in [1.82, 2.24) is 25.4 Å². The Morgan fingerprint density at radius 3 is 2.95 bits per heavy atom. The van der Waals surface area contributed by atoms with Gasteiger partial charge in [0.15, 0.2) is 0 Å². The number of aromatic nitrogens is 3. The minimum atomic E-state index is -0.588. The van der Waals surface area contributed by atoms with Gasteiger partial charge in [-0.25, -0.2) is 15.2 Å². The molecule has 2 amide bonds. The van der Waals surface area contributed by atoms with Crippen LogP contribution >= 0.6 is 0 Å². The first-order chi connectivity index (χ1) is 10.6. The molecule has 0 radical (unpaired) electrons. The van der Waals surface area contributed by atoms with E-state index in [-0.39, 0.29) is 0 Å². The van der Waals surface area contributed by atoms with Gasteiger partial charge in [0.25, 0.3) is 0 Å². The lowest BCUT2D eigenvalue weighted by molar-refractivity contribution is 0.244. The van der Waals surface area contributed by atoms with Crippen LogP contribution in [0, 0.1) is 0 Å². The largest absolute Gasteiger partial charge is 0.351 e. The van der Waals surface area contributed by atoms with Crippen LogP contribution in [0.1, 0.15) is 29.7 Å². The summed E-state index contributed by atoms with van der Waals surface area (Å²) in [4.78, 5) is 19.8. The molecule has 2 aromatic rings. The van der Waals surface area contributed by atoms with Crippen LogP contribution in [0.25, 0.3) is 11.4 Å². The van der Waals surface area contributed by atoms with E-state index in [9.17, 15) is 4.79 Å². The van der Waals surface area contributed by atoms with Gasteiger partial charge in [0.2, 0.25) is 0 Å². The number of aryl methyl sites for hydroxylation is 2. The lowest BCUT2D eigenvalue weighted by Gasteiger charge is -2.20. The van der Waals surface area contributed by atoms with Crippen LogP contribution < -0.4 is 16.6 Å². The van der Waals surface area contributed by atoms with Crippen molar-refractivity contribution >= 4 is 6.03 Å². The molecule has 0 fully saturated rings. The fourth-order valence-electron chi connectivity index (χ4n) is 2.91. The number of urea groups is 1. The number of hydrogen-bond donors (Lipinski definition) is 3. The molecule has 0 aromatic carbocycles. The number of nitrogens with one attached hydrogen (secondary N) is 2. The van der Waals surface area contributed by atoms with Crippen LogP contribution in [0.2, 0.25) is 0 Å². The second kappa shape index (κ2) is 6.15. The molecule has 1 aliphatic carbocycles. The molecule has 7 nitrogen and oxygen atoms in total. The van der Waals surface area contributed by atoms with Gasteiger partial charge in [0.05, 0.1) is 23.9 Å². The number of amides is 2.